The van der Waals surface area contributed by atoms with E-state index >= 15 is 0 Å². The summed E-state index contributed by atoms with van der Waals surface area (Å²) in [5.74, 6) is -0.0953. The van der Waals surface area contributed by atoms with Crippen molar-refractivity contribution in [3.05, 3.63) is 47.8 Å². The van der Waals surface area contributed by atoms with Gasteiger partial charge in [0.2, 0.25) is 10.0 Å². The first-order valence-electron chi connectivity index (χ1n) is 6.48. The lowest BCUT2D eigenvalue weighted by Gasteiger charge is -2.06. The number of aromatic nitrogens is 2. The van der Waals surface area contributed by atoms with Crippen molar-refractivity contribution in [3.8, 4) is 0 Å². The molecule has 0 atom stereocenters. The molecule has 0 fully saturated rings. The van der Waals surface area contributed by atoms with Crippen LogP contribution in [0.4, 0.5) is 0 Å². The van der Waals surface area contributed by atoms with Gasteiger partial charge < -0.3 is 0 Å². The van der Waals surface area contributed by atoms with Crippen molar-refractivity contribution in [2.24, 2.45) is 7.05 Å². The minimum absolute atomic E-state index is 0.0953. The van der Waals surface area contributed by atoms with E-state index in [-0.39, 0.29) is 17.2 Å². The zero-order valence-corrected chi connectivity index (χ0v) is 12.7. The van der Waals surface area contributed by atoms with E-state index in [0.717, 1.165) is 5.69 Å². The SMILES string of the molecule is CC(=O)c1ccc(S(=O)(=O)NCCc2ccn(C)n2)cc1. The van der Waals surface area contributed by atoms with Gasteiger partial charge in [0.05, 0.1) is 10.6 Å². The maximum Gasteiger partial charge on any atom is 0.240 e. The molecule has 1 heterocycles. The van der Waals surface area contributed by atoms with Gasteiger partial charge in [-0.05, 0) is 25.1 Å². The number of carbonyl (C=O) groups is 1. The molecular weight excluding hydrogens is 290 g/mol. The molecule has 0 spiro atoms. The number of nitrogens with one attached hydrogen (secondary N) is 1. The Balaban J connectivity index is 1.99. The third-order valence-corrected chi connectivity index (χ3v) is 4.49. The van der Waals surface area contributed by atoms with Crippen LogP contribution in [0, 0.1) is 0 Å². The van der Waals surface area contributed by atoms with Crippen LogP contribution in [0.5, 0.6) is 0 Å². The van der Waals surface area contributed by atoms with Crippen LogP contribution >= 0.6 is 0 Å². The Morgan fingerprint density at radius 2 is 1.90 bits per heavy atom. The Morgan fingerprint density at radius 3 is 2.43 bits per heavy atom. The van der Waals surface area contributed by atoms with Gasteiger partial charge in [0.1, 0.15) is 0 Å². The number of aryl methyl sites for hydroxylation is 1. The number of hydrogen-bond acceptors (Lipinski definition) is 4. The van der Waals surface area contributed by atoms with E-state index in [1.807, 2.05) is 19.3 Å². The third kappa shape index (κ3) is 3.99. The Kier molecular flexibility index (Phi) is 4.54. The number of ketones is 1. The summed E-state index contributed by atoms with van der Waals surface area (Å²) in [6.07, 6.45) is 2.33. The summed E-state index contributed by atoms with van der Waals surface area (Å²) in [5, 5.41) is 4.18. The molecule has 2 rings (SSSR count). The molecule has 6 nitrogen and oxygen atoms in total. The lowest BCUT2D eigenvalue weighted by molar-refractivity contribution is 0.101. The molecule has 112 valence electrons. The lowest BCUT2D eigenvalue weighted by Crippen LogP contribution is -2.26. The Hall–Kier alpha value is -1.99. The maximum absolute atomic E-state index is 12.1. The molecule has 0 aliphatic carbocycles. The second kappa shape index (κ2) is 6.19. The average Bonchev–Trinajstić information content (AvgIpc) is 2.84. The summed E-state index contributed by atoms with van der Waals surface area (Å²) in [6, 6.07) is 7.72. The van der Waals surface area contributed by atoms with Gasteiger partial charge in [-0.15, -0.1) is 0 Å². The van der Waals surface area contributed by atoms with E-state index in [9.17, 15) is 13.2 Å². The Morgan fingerprint density at radius 1 is 1.24 bits per heavy atom. The van der Waals surface area contributed by atoms with E-state index in [2.05, 4.69) is 9.82 Å². The molecule has 0 aliphatic rings. The average molecular weight is 307 g/mol. The summed E-state index contributed by atoms with van der Waals surface area (Å²) in [6.45, 7) is 1.71. The number of benzene rings is 1. The van der Waals surface area contributed by atoms with Crippen molar-refractivity contribution in [1.82, 2.24) is 14.5 Å². The summed E-state index contributed by atoms with van der Waals surface area (Å²) >= 11 is 0. The van der Waals surface area contributed by atoms with Gasteiger partial charge in [-0.2, -0.15) is 5.10 Å². The van der Waals surface area contributed by atoms with Crippen LogP contribution in [0.2, 0.25) is 0 Å². The van der Waals surface area contributed by atoms with Crippen molar-refractivity contribution in [3.63, 3.8) is 0 Å². The van der Waals surface area contributed by atoms with Crippen LogP contribution in [0.25, 0.3) is 0 Å². The Labute approximate surface area is 123 Å². The standard InChI is InChI=1S/C14H17N3O3S/c1-11(18)12-3-5-14(6-4-12)21(19,20)15-9-7-13-8-10-17(2)16-13/h3-6,8,10,15H,7,9H2,1-2H3. The molecule has 0 radical (unpaired) electrons. The zero-order chi connectivity index (χ0) is 15.5. The van der Waals surface area contributed by atoms with E-state index in [1.54, 1.807) is 4.68 Å². The first-order valence-corrected chi connectivity index (χ1v) is 7.96. The molecule has 0 aliphatic heterocycles. The highest BCUT2D eigenvalue weighted by Gasteiger charge is 2.13. The number of rotatable bonds is 6. The topological polar surface area (TPSA) is 81.1 Å². The van der Waals surface area contributed by atoms with Crippen molar-refractivity contribution in [2.45, 2.75) is 18.2 Å². The Bertz CT molecular complexity index is 733. The van der Waals surface area contributed by atoms with Gasteiger partial charge in [-0.1, -0.05) is 12.1 Å². The van der Waals surface area contributed by atoms with Crippen LogP contribution in [0.15, 0.2) is 41.4 Å². The van der Waals surface area contributed by atoms with Crippen LogP contribution in [-0.2, 0) is 23.5 Å². The minimum Gasteiger partial charge on any atom is -0.295 e. The van der Waals surface area contributed by atoms with E-state index in [1.165, 1.54) is 31.2 Å². The van der Waals surface area contributed by atoms with E-state index < -0.39 is 10.0 Å². The van der Waals surface area contributed by atoms with Gasteiger partial charge in [0, 0.05) is 31.8 Å². The van der Waals surface area contributed by atoms with Gasteiger partial charge in [0.25, 0.3) is 0 Å². The number of nitrogens with zero attached hydrogens (tertiary/aromatic N) is 2. The number of sulfonamides is 1. The van der Waals surface area contributed by atoms with Crippen molar-refractivity contribution in [2.75, 3.05) is 6.54 Å². The number of carbonyl (C=O) groups excluding carboxylic acids is 1. The largest absolute Gasteiger partial charge is 0.295 e. The molecule has 0 saturated carbocycles. The highest BCUT2D eigenvalue weighted by atomic mass is 32.2. The van der Waals surface area contributed by atoms with E-state index in [4.69, 9.17) is 0 Å². The molecule has 2 aromatic rings. The molecule has 0 saturated heterocycles. The van der Waals surface area contributed by atoms with Crippen molar-refractivity contribution in [1.29, 1.82) is 0 Å². The third-order valence-electron chi connectivity index (χ3n) is 3.01. The molecular formula is C14H17N3O3S. The fourth-order valence-corrected chi connectivity index (χ4v) is 2.89. The molecule has 0 bridgehead atoms. The van der Waals surface area contributed by atoms with Crippen LogP contribution in [-0.4, -0.2) is 30.5 Å². The first-order chi connectivity index (χ1) is 9.88. The fourth-order valence-electron chi connectivity index (χ4n) is 1.86. The predicted octanol–water partition coefficient (Wildman–Crippen LogP) is 1.14. The smallest absolute Gasteiger partial charge is 0.240 e. The van der Waals surface area contributed by atoms with E-state index in [0.29, 0.717) is 12.0 Å². The molecule has 7 heteroatoms. The normalized spacial score (nSPS) is 11.5. The van der Waals surface area contributed by atoms with Crippen molar-refractivity contribution < 1.29 is 13.2 Å². The van der Waals surface area contributed by atoms with Crippen LogP contribution < -0.4 is 4.72 Å². The second-order valence-corrected chi connectivity index (χ2v) is 6.48. The van der Waals surface area contributed by atoms with Gasteiger partial charge in [-0.3, -0.25) is 9.48 Å². The summed E-state index contributed by atoms with van der Waals surface area (Å²) in [5.41, 5.74) is 1.31. The molecule has 1 N–H and O–H groups in total. The lowest BCUT2D eigenvalue weighted by atomic mass is 10.2. The monoisotopic (exact) mass is 307 g/mol. The van der Waals surface area contributed by atoms with Gasteiger partial charge in [-0.25, -0.2) is 13.1 Å². The highest BCUT2D eigenvalue weighted by Crippen LogP contribution is 2.11. The zero-order valence-electron chi connectivity index (χ0n) is 11.9. The van der Waals surface area contributed by atoms with Gasteiger partial charge in [0.15, 0.2) is 5.78 Å². The number of Topliss-reactive ketones (excluding diaryl/α,β-unsaturated/α-hetero) is 1. The summed E-state index contributed by atoms with van der Waals surface area (Å²) in [4.78, 5) is 11.3. The molecule has 1 aromatic carbocycles. The molecule has 0 unspecified atom stereocenters. The number of hydrogen-bond donors (Lipinski definition) is 1. The summed E-state index contributed by atoms with van der Waals surface area (Å²) < 4.78 is 28.4. The molecule has 21 heavy (non-hydrogen) atoms. The quantitative estimate of drug-likeness (QED) is 0.812. The van der Waals surface area contributed by atoms with Crippen molar-refractivity contribution >= 4 is 15.8 Å². The minimum atomic E-state index is -3.56. The maximum atomic E-state index is 12.1. The highest BCUT2D eigenvalue weighted by molar-refractivity contribution is 7.89. The second-order valence-electron chi connectivity index (χ2n) is 4.71. The van der Waals surface area contributed by atoms with Gasteiger partial charge >= 0.3 is 0 Å². The molecule has 1 aromatic heterocycles. The van der Waals surface area contributed by atoms with Crippen LogP contribution in [0.1, 0.15) is 23.0 Å². The molecule has 0 amide bonds. The van der Waals surface area contributed by atoms with Crippen LogP contribution in [0.3, 0.4) is 0 Å². The summed E-state index contributed by atoms with van der Waals surface area (Å²) in [7, 11) is -1.75. The first kappa shape index (κ1) is 15.4. The predicted molar refractivity (Wildman–Crippen MR) is 78.5 cm³/mol. The fraction of sp³-hybridized carbons (Fsp3) is 0.286.